The molecule has 1 aromatic rings. The summed E-state index contributed by atoms with van der Waals surface area (Å²) in [7, 11) is -1.80. The van der Waals surface area contributed by atoms with E-state index < -0.39 is 10.0 Å². The molecule has 5 heteroatoms. The molecule has 0 fully saturated rings. The van der Waals surface area contributed by atoms with Crippen molar-refractivity contribution in [3.05, 3.63) is 28.8 Å². The summed E-state index contributed by atoms with van der Waals surface area (Å²) in [5.74, 6) is 0. The van der Waals surface area contributed by atoms with Gasteiger partial charge in [-0.25, -0.2) is 8.42 Å². The van der Waals surface area contributed by atoms with E-state index in [-0.39, 0.29) is 6.04 Å². The van der Waals surface area contributed by atoms with Gasteiger partial charge in [0, 0.05) is 19.6 Å². The Morgan fingerprint density at radius 2 is 1.85 bits per heavy atom. The van der Waals surface area contributed by atoms with Gasteiger partial charge in [0.25, 0.3) is 0 Å². The molecule has 0 saturated carbocycles. The lowest BCUT2D eigenvalue weighted by molar-refractivity contribution is 0.410. The maximum atomic E-state index is 12.7. The van der Waals surface area contributed by atoms with Gasteiger partial charge in [-0.1, -0.05) is 13.0 Å². The van der Waals surface area contributed by atoms with Crippen LogP contribution in [0.1, 0.15) is 37.5 Å². The van der Waals surface area contributed by atoms with Crippen molar-refractivity contribution in [1.82, 2.24) is 9.62 Å². The number of hydrogen-bond donors (Lipinski definition) is 1. The van der Waals surface area contributed by atoms with Gasteiger partial charge in [-0.05, 0) is 57.0 Å². The van der Waals surface area contributed by atoms with Crippen LogP contribution in [0.4, 0.5) is 0 Å². The zero-order valence-electron chi connectivity index (χ0n) is 13.3. The number of aryl methyl sites for hydroxylation is 1. The summed E-state index contributed by atoms with van der Waals surface area (Å²) in [5.41, 5.74) is 2.85. The predicted octanol–water partition coefficient (Wildman–Crippen LogP) is 2.44. The van der Waals surface area contributed by atoms with Crippen LogP contribution in [0.3, 0.4) is 0 Å². The van der Waals surface area contributed by atoms with Crippen LogP contribution in [0.2, 0.25) is 0 Å². The second-order valence-corrected chi connectivity index (χ2v) is 7.40. The number of sulfonamides is 1. The molecule has 0 radical (unpaired) electrons. The standard InChI is InChI=1S/C15H26N2O2S/c1-7-16-10-14-8-12(4)13(5)15(9-14)20(18,19)17(6)11(2)3/h8-9,11,16H,7,10H2,1-6H3. The van der Waals surface area contributed by atoms with Crippen LogP contribution in [0.25, 0.3) is 0 Å². The van der Waals surface area contributed by atoms with E-state index in [9.17, 15) is 8.42 Å². The average Bonchev–Trinajstić information content (AvgIpc) is 2.38. The molecule has 0 spiro atoms. The second kappa shape index (κ2) is 6.70. The summed E-state index contributed by atoms with van der Waals surface area (Å²) in [6, 6.07) is 3.78. The van der Waals surface area contributed by atoms with Crippen molar-refractivity contribution in [2.45, 2.75) is 52.1 Å². The highest BCUT2D eigenvalue weighted by Gasteiger charge is 2.25. The molecule has 0 unspecified atom stereocenters. The first-order valence-corrected chi connectivity index (χ1v) is 8.44. The van der Waals surface area contributed by atoms with Crippen LogP contribution in [-0.4, -0.2) is 32.4 Å². The fourth-order valence-corrected chi connectivity index (χ4v) is 3.68. The minimum atomic E-state index is -3.43. The van der Waals surface area contributed by atoms with Gasteiger partial charge in [0.15, 0.2) is 0 Å². The summed E-state index contributed by atoms with van der Waals surface area (Å²) in [6.45, 7) is 11.2. The molecule has 0 bridgehead atoms. The third-order valence-electron chi connectivity index (χ3n) is 3.64. The van der Waals surface area contributed by atoms with Crippen molar-refractivity contribution in [1.29, 1.82) is 0 Å². The molecule has 0 aliphatic heterocycles. The Labute approximate surface area is 123 Å². The minimum Gasteiger partial charge on any atom is -0.313 e. The fraction of sp³-hybridized carbons (Fsp3) is 0.600. The van der Waals surface area contributed by atoms with E-state index in [2.05, 4.69) is 5.32 Å². The Morgan fingerprint density at radius 1 is 1.25 bits per heavy atom. The van der Waals surface area contributed by atoms with Gasteiger partial charge >= 0.3 is 0 Å². The number of hydrogen-bond acceptors (Lipinski definition) is 3. The number of benzene rings is 1. The van der Waals surface area contributed by atoms with E-state index in [0.29, 0.717) is 11.4 Å². The van der Waals surface area contributed by atoms with E-state index in [4.69, 9.17) is 0 Å². The Morgan fingerprint density at radius 3 is 2.35 bits per heavy atom. The normalized spacial score (nSPS) is 12.4. The van der Waals surface area contributed by atoms with E-state index in [1.807, 2.05) is 40.7 Å². The smallest absolute Gasteiger partial charge is 0.243 e. The Hall–Kier alpha value is -0.910. The van der Waals surface area contributed by atoms with Gasteiger partial charge in [-0.15, -0.1) is 0 Å². The Bertz CT molecular complexity index is 565. The molecular formula is C15H26N2O2S. The largest absolute Gasteiger partial charge is 0.313 e. The number of rotatable bonds is 6. The first kappa shape index (κ1) is 17.1. The molecule has 114 valence electrons. The Balaban J connectivity index is 3.33. The molecule has 0 aliphatic carbocycles. The van der Waals surface area contributed by atoms with Gasteiger partial charge in [-0.3, -0.25) is 0 Å². The maximum Gasteiger partial charge on any atom is 0.243 e. The van der Waals surface area contributed by atoms with Crippen LogP contribution in [0.15, 0.2) is 17.0 Å². The van der Waals surface area contributed by atoms with E-state index in [0.717, 1.165) is 23.2 Å². The maximum absolute atomic E-state index is 12.7. The molecule has 0 aliphatic rings. The lowest BCUT2D eigenvalue weighted by atomic mass is 10.1. The van der Waals surface area contributed by atoms with Crippen molar-refractivity contribution >= 4 is 10.0 Å². The van der Waals surface area contributed by atoms with Gasteiger partial charge in [-0.2, -0.15) is 4.31 Å². The molecule has 1 N–H and O–H groups in total. The zero-order valence-corrected chi connectivity index (χ0v) is 14.1. The third-order valence-corrected chi connectivity index (χ3v) is 5.80. The average molecular weight is 298 g/mol. The quantitative estimate of drug-likeness (QED) is 0.877. The second-order valence-electron chi connectivity index (χ2n) is 5.43. The topological polar surface area (TPSA) is 49.4 Å². The van der Waals surface area contributed by atoms with E-state index in [1.54, 1.807) is 13.1 Å². The van der Waals surface area contributed by atoms with Crippen LogP contribution in [0, 0.1) is 13.8 Å². The zero-order chi connectivity index (χ0) is 15.5. The van der Waals surface area contributed by atoms with E-state index >= 15 is 0 Å². The van der Waals surface area contributed by atoms with Crippen molar-refractivity contribution in [2.24, 2.45) is 0 Å². The van der Waals surface area contributed by atoms with Crippen molar-refractivity contribution in [3.63, 3.8) is 0 Å². The van der Waals surface area contributed by atoms with Crippen LogP contribution < -0.4 is 5.32 Å². The van der Waals surface area contributed by atoms with Gasteiger partial charge in [0.2, 0.25) is 10.0 Å². The van der Waals surface area contributed by atoms with E-state index in [1.165, 1.54) is 4.31 Å². The van der Waals surface area contributed by atoms with Crippen LogP contribution >= 0.6 is 0 Å². The molecule has 1 aromatic carbocycles. The van der Waals surface area contributed by atoms with Gasteiger partial charge in [0.05, 0.1) is 4.90 Å². The SMILES string of the molecule is CCNCc1cc(C)c(C)c(S(=O)(=O)N(C)C(C)C)c1. The van der Waals surface area contributed by atoms with Crippen molar-refractivity contribution < 1.29 is 8.42 Å². The summed E-state index contributed by atoms with van der Waals surface area (Å²) in [5, 5.41) is 3.23. The monoisotopic (exact) mass is 298 g/mol. The summed E-state index contributed by atoms with van der Waals surface area (Å²) >= 11 is 0. The van der Waals surface area contributed by atoms with Gasteiger partial charge < -0.3 is 5.32 Å². The first-order valence-electron chi connectivity index (χ1n) is 7.00. The lowest BCUT2D eigenvalue weighted by Gasteiger charge is -2.23. The van der Waals surface area contributed by atoms with Crippen molar-refractivity contribution in [3.8, 4) is 0 Å². The number of nitrogens with one attached hydrogen (secondary N) is 1. The minimum absolute atomic E-state index is 0.0582. The molecular weight excluding hydrogens is 272 g/mol. The highest BCUT2D eigenvalue weighted by Crippen LogP contribution is 2.24. The third kappa shape index (κ3) is 3.59. The lowest BCUT2D eigenvalue weighted by Crippen LogP contribution is -2.33. The van der Waals surface area contributed by atoms with Crippen molar-refractivity contribution in [2.75, 3.05) is 13.6 Å². The number of nitrogens with zero attached hydrogens (tertiary/aromatic N) is 1. The molecule has 0 heterocycles. The summed E-state index contributed by atoms with van der Waals surface area (Å²) in [4.78, 5) is 0.418. The van der Waals surface area contributed by atoms with Crippen LogP contribution in [-0.2, 0) is 16.6 Å². The molecule has 0 aromatic heterocycles. The summed E-state index contributed by atoms with van der Waals surface area (Å²) < 4.78 is 26.8. The molecule has 4 nitrogen and oxygen atoms in total. The molecule has 0 saturated heterocycles. The van der Waals surface area contributed by atoms with Crippen LogP contribution in [0.5, 0.6) is 0 Å². The molecule has 0 atom stereocenters. The Kier molecular flexibility index (Phi) is 5.74. The molecule has 0 amide bonds. The molecule has 20 heavy (non-hydrogen) atoms. The summed E-state index contributed by atoms with van der Waals surface area (Å²) in [6.07, 6.45) is 0. The predicted molar refractivity (Wildman–Crippen MR) is 83.4 cm³/mol. The highest BCUT2D eigenvalue weighted by atomic mass is 32.2. The molecule has 1 rings (SSSR count). The first-order chi connectivity index (χ1) is 9.21. The highest BCUT2D eigenvalue weighted by molar-refractivity contribution is 7.89. The van der Waals surface area contributed by atoms with Gasteiger partial charge in [0.1, 0.15) is 0 Å². The fourth-order valence-electron chi connectivity index (χ4n) is 1.97.